The van der Waals surface area contributed by atoms with Crippen LogP contribution in [0.15, 0.2) is 221 Å². The van der Waals surface area contributed by atoms with Gasteiger partial charge in [-0.1, -0.05) is 133 Å². The highest BCUT2D eigenvalue weighted by Gasteiger charge is 2.16. The van der Waals surface area contributed by atoms with E-state index >= 15 is 0 Å². The molecular formula is C54H35NO2. The number of anilines is 3. The molecule has 3 heteroatoms. The summed E-state index contributed by atoms with van der Waals surface area (Å²) in [6.07, 6.45) is 0. The molecule has 0 amide bonds. The topological polar surface area (TPSA) is 29.5 Å². The predicted octanol–water partition coefficient (Wildman–Crippen LogP) is 15.6. The van der Waals surface area contributed by atoms with Gasteiger partial charge in [0.25, 0.3) is 0 Å². The summed E-state index contributed by atoms with van der Waals surface area (Å²) in [5.41, 5.74) is 16.2. The van der Waals surface area contributed by atoms with Crippen LogP contribution in [0.2, 0.25) is 0 Å². The highest BCUT2D eigenvalue weighted by Crippen LogP contribution is 2.41. The molecule has 0 aliphatic rings. The Labute approximate surface area is 330 Å². The van der Waals surface area contributed by atoms with Crippen molar-refractivity contribution in [2.75, 3.05) is 4.90 Å². The summed E-state index contributed by atoms with van der Waals surface area (Å²) in [4.78, 5) is 2.30. The average Bonchev–Trinajstić information content (AvgIpc) is 3.85. The van der Waals surface area contributed by atoms with E-state index in [0.29, 0.717) is 0 Å². The second-order valence-corrected chi connectivity index (χ2v) is 14.5. The van der Waals surface area contributed by atoms with Gasteiger partial charge in [-0.05, 0) is 123 Å². The Bertz CT molecular complexity index is 3190. The summed E-state index contributed by atoms with van der Waals surface area (Å²) >= 11 is 0. The van der Waals surface area contributed by atoms with Gasteiger partial charge in [0.1, 0.15) is 22.3 Å². The molecular weight excluding hydrogens is 695 g/mol. The fourth-order valence-corrected chi connectivity index (χ4v) is 8.28. The van der Waals surface area contributed by atoms with E-state index in [4.69, 9.17) is 8.83 Å². The summed E-state index contributed by atoms with van der Waals surface area (Å²) in [5, 5.41) is 4.48. The molecule has 2 heterocycles. The van der Waals surface area contributed by atoms with E-state index in [0.717, 1.165) is 99.9 Å². The second-order valence-electron chi connectivity index (χ2n) is 14.5. The van der Waals surface area contributed by atoms with Crippen LogP contribution in [0.1, 0.15) is 0 Å². The van der Waals surface area contributed by atoms with E-state index in [2.05, 4.69) is 193 Å². The number of furan rings is 2. The number of hydrogen-bond donors (Lipinski definition) is 0. The van der Waals surface area contributed by atoms with Crippen molar-refractivity contribution in [1.29, 1.82) is 0 Å². The van der Waals surface area contributed by atoms with Crippen LogP contribution in [0.3, 0.4) is 0 Å². The zero-order valence-corrected chi connectivity index (χ0v) is 31.0. The van der Waals surface area contributed by atoms with Crippen LogP contribution in [-0.2, 0) is 0 Å². The molecule has 0 saturated carbocycles. The normalized spacial score (nSPS) is 11.5. The van der Waals surface area contributed by atoms with Gasteiger partial charge in [0.15, 0.2) is 0 Å². The van der Waals surface area contributed by atoms with Gasteiger partial charge >= 0.3 is 0 Å². The van der Waals surface area contributed by atoms with Crippen LogP contribution in [0.25, 0.3) is 88.4 Å². The van der Waals surface area contributed by atoms with E-state index in [1.165, 1.54) is 5.56 Å². The van der Waals surface area contributed by atoms with Crippen molar-refractivity contribution in [3.63, 3.8) is 0 Å². The highest BCUT2D eigenvalue weighted by molar-refractivity contribution is 6.08. The monoisotopic (exact) mass is 729 g/mol. The predicted molar refractivity (Wildman–Crippen MR) is 237 cm³/mol. The maximum Gasteiger partial charge on any atom is 0.135 e. The van der Waals surface area contributed by atoms with Crippen molar-refractivity contribution >= 4 is 60.9 Å². The lowest BCUT2D eigenvalue weighted by molar-refractivity contribution is 0.668. The Hall–Kier alpha value is -7.62. The summed E-state index contributed by atoms with van der Waals surface area (Å²) in [6.45, 7) is 0. The zero-order valence-electron chi connectivity index (χ0n) is 31.0. The molecule has 0 radical (unpaired) electrons. The Kier molecular flexibility index (Phi) is 7.82. The lowest BCUT2D eigenvalue weighted by Crippen LogP contribution is -2.09. The lowest BCUT2D eigenvalue weighted by atomic mass is 9.89. The SMILES string of the molecule is c1ccc(N(c2ccccc2)c2cccc(-c3ccc(-c4ccc(-c5ccc6oc7ccccc7c6c5)cc4-c4ccc5oc6ccccc6c5c4)cc3)c2)cc1. The van der Waals surface area contributed by atoms with Crippen LogP contribution in [0.4, 0.5) is 17.1 Å². The Morgan fingerprint density at radius 2 is 0.702 bits per heavy atom. The second kappa shape index (κ2) is 13.6. The minimum atomic E-state index is 0.889. The maximum atomic E-state index is 6.24. The molecule has 11 rings (SSSR count). The van der Waals surface area contributed by atoms with Crippen molar-refractivity contribution in [2.24, 2.45) is 0 Å². The Morgan fingerprint density at radius 3 is 1.35 bits per heavy atom. The zero-order chi connectivity index (χ0) is 37.7. The third-order valence-corrected chi connectivity index (χ3v) is 11.1. The Morgan fingerprint density at radius 1 is 0.246 bits per heavy atom. The van der Waals surface area contributed by atoms with Gasteiger partial charge in [-0.3, -0.25) is 0 Å². The van der Waals surface area contributed by atoms with Gasteiger partial charge < -0.3 is 13.7 Å². The van der Waals surface area contributed by atoms with Crippen molar-refractivity contribution in [1.82, 2.24) is 0 Å². The van der Waals surface area contributed by atoms with E-state index < -0.39 is 0 Å². The molecule has 268 valence electrons. The van der Waals surface area contributed by atoms with Gasteiger partial charge in [0.2, 0.25) is 0 Å². The summed E-state index contributed by atoms with van der Waals surface area (Å²) in [7, 11) is 0. The molecule has 0 aliphatic heterocycles. The molecule has 0 saturated heterocycles. The first-order valence-corrected chi connectivity index (χ1v) is 19.3. The van der Waals surface area contributed by atoms with Crippen LogP contribution in [0.5, 0.6) is 0 Å². The van der Waals surface area contributed by atoms with Crippen LogP contribution in [0, 0.1) is 0 Å². The number of nitrogens with zero attached hydrogens (tertiary/aromatic N) is 1. The smallest absolute Gasteiger partial charge is 0.135 e. The van der Waals surface area contributed by atoms with Gasteiger partial charge in [0, 0.05) is 38.6 Å². The summed E-state index contributed by atoms with van der Waals surface area (Å²) in [5.74, 6) is 0. The molecule has 0 aliphatic carbocycles. The van der Waals surface area contributed by atoms with Gasteiger partial charge in [-0.25, -0.2) is 0 Å². The Balaban J connectivity index is 1.01. The summed E-state index contributed by atoms with van der Waals surface area (Å²) < 4.78 is 12.4. The minimum absolute atomic E-state index is 0.889. The fourth-order valence-electron chi connectivity index (χ4n) is 8.28. The molecule has 0 fully saturated rings. The van der Waals surface area contributed by atoms with Gasteiger partial charge in [-0.15, -0.1) is 0 Å². The van der Waals surface area contributed by atoms with Crippen LogP contribution in [-0.4, -0.2) is 0 Å². The lowest BCUT2D eigenvalue weighted by Gasteiger charge is -2.26. The first-order chi connectivity index (χ1) is 28.2. The molecule has 0 spiro atoms. The number of rotatable bonds is 7. The van der Waals surface area contributed by atoms with E-state index in [9.17, 15) is 0 Å². The molecule has 0 bridgehead atoms. The van der Waals surface area contributed by atoms with E-state index in [1.807, 2.05) is 24.3 Å². The fraction of sp³-hybridized carbons (Fsp3) is 0. The molecule has 0 unspecified atom stereocenters. The molecule has 3 nitrogen and oxygen atoms in total. The molecule has 11 aromatic rings. The molecule has 2 aromatic heterocycles. The number of para-hydroxylation sites is 4. The van der Waals surface area contributed by atoms with Crippen molar-refractivity contribution in [3.05, 3.63) is 212 Å². The average molecular weight is 730 g/mol. The van der Waals surface area contributed by atoms with Crippen LogP contribution < -0.4 is 4.90 Å². The largest absolute Gasteiger partial charge is 0.456 e. The highest BCUT2D eigenvalue weighted by atomic mass is 16.3. The standard InChI is InChI=1S/C54H35NO2/c1-3-13-42(14-4-1)55(43-15-5-2-6-16-43)44-17-11-12-38(32-44)36-22-24-37(25-23-36)45-29-26-39(40-27-30-53-49(34-40)46-18-7-9-20-51(46)56-53)33-48(45)41-28-31-54-50(35-41)47-19-8-10-21-52(47)57-54/h1-35H. The van der Waals surface area contributed by atoms with Crippen molar-refractivity contribution in [2.45, 2.75) is 0 Å². The third kappa shape index (κ3) is 5.85. The third-order valence-electron chi connectivity index (χ3n) is 11.1. The summed E-state index contributed by atoms with van der Waals surface area (Å²) in [6, 6.07) is 75.3. The molecule has 57 heavy (non-hydrogen) atoms. The first kappa shape index (κ1) is 32.8. The number of fused-ring (bicyclic) bond motifs is 6. The molecule has 0 atom stereocenters. The van der Waals surface area contributed by atoms with Crippen molar-refractivity contribution < 1.29 is 8.83 Å². The van der Waals surface area contributed by atoms with Gasteiger partial charge in [0.05, 0.1) is 0 Å². The molecule has 9 aromatic carbocycles. The number of benzene rings is 9. The van der Waals surface area contributed by atoms with E-state index in [1.54, 1.807) is 0 Å². The maximum absolute atomic E-state index is 6.24. The number of hydrogen-bond acceptors (Lipinski definition) is 3. The first-order valence-electron chi connectivity index (χ1n) is 19.3. The van der Waals surface area contributed by atoms with Crippen LogP contribution >= 0.6 is 0 Å². The van der Waals surface area contributed by atoms with Crippen molar-refractivity contribution in [3.8, 4) is 44.5 Å². The quantitative estimate of drug-likeness (QED) is 0.164. The molecule has 0 N–H and O–H groups in total. The van der Waals surface area contributed by atoms with E-state index in [-0.39, 0.29) is 0 Å². The van der Waals surface area contributed by atoms with Gasteiger partial charge in [-0.2, -0.15) is 0 Å². The minimum Gasteiger partial charge on any atom is -0.456 e.